The fourth-order valence-corrected chi connectivity index (χ4v) is 1.51. The smallest absolute Gasteiger partial charge is 0.337 e. The van der Waals surface area contributed by atoms with Gasteiger partial charge in [0, 0.05) is 4.47 Å². The Hall–Kier alpha value is -1.76. The van der Waals surface area contributed by atoms with E-state index in [1.54, 1.807) is 12.1 Å². The number of aromatic carboxylic acids is 1. The largest absolute Gasteiger partial charge is 0.478 e. The predicted molar refractivity (Wildman–Crippen MR) is 53.8 cm³/mol. The molecule has 1 aromatic heterocycles. The van der Waals surface area contributed by atoms with Crippen molar-refractivity contribution in [3.8, 4) is 5.69 Å². The molecule has 0 atom stereocenters. The molecule has 1 aromatic carbocycles. The van der Waals surface area contributed by atoms with Crippen molar-refractivity contribution in [1.82, 2.24) is 20.2 Å². The van der Waals surface area contributed by atoms with Crippen molar-refractivity contribution in [2.75, 3.05) is 0 Å². The Labute approximate surface area is 92.7 Å². The molecule has 0 saturated heterocycles. The summed E-state index contributed by atoms with van der Waals surface area (Å²) >= 11 is 3.20. The fourth-order valence-electron chi connectivity index (χ4n) is 1.15. The van der Waals surface area contributed by atoms with Crippen molar-refractivity contribution in [3.63, 3.8) is 0 Å². The summed E-state index contributed by atoms with van der Waals surface area (Å²) in [4.78, 5) is 11.0. The van der Waals surface area contributed by atoms with Crippen LogP contribution in [0.1, 0.15) is 10.4 Å². The summed E-state index contributed by atoms with van der Waals surface area (Å²) in [6.45, 7) is 0. The first kappa shape index (κ1) is 9.78. The number of rotatable bonds is 2. The zero-order chi connectivity index (χ0) is 10.8. The molecule has 0 amide bonds. The quantitative estimate of drug-likeness (QED) is 0.883. The average molecular weight is 269 g/mol. The molecule has 0 radical (unpaired) electrons. The minimum atomic E-state index is -1.03. The van der Waals surface area contributed by atoms with E-state index in [0.29, 0.717) is 10.2 Å². The number of carbonyl (C=O) groups is 1. The SMILES string of the molecule is O=C(O)c1cc(Br)ccc1-n1cnnn1. The van der Waals surface area contributed by atoms with Crippen molar-refractivity contribution in [2.24, 2.45) is 0 Å². The van der Waals surface area contributed by atoms with Crippen LogP contribution in [0.15, 0.2) is 29.0 Å². The summed E-state index contributed by atoms with van der Waals surface area (Å²) in [6, 6.07) is 4.85. The highest BCUT2D eigenvalue weighted by Gasteiger charge is 2.12. The molecule has 0 spiro atoms. The number of benzene rings is 1. The summed E-state index contributed by atoms with van der Waals surface area (Å²) in [5.41, 5.74) is 0.562. The van der Waals surface area contributed by atoms with E-state index < -0.39 is 5.97 Å². The number of carboxylic acid groups (broad SMARTS) is 1. The highest BCUT2D eigenvalue weighted by Crippen LogP contribution is 2.19. The van der Waals surface area contributed by atoms with E-state index in [1.807, 2.05) is 0 Å². The molecule has 0 fully saturated rings. The average Bonchev–Trinajstić information content (AvgIpc) is 2.70. The molecular formula is C8H5BrN4O2. The molecule has 0 aliphatic rings. The topological polar surface area (TPSA) is 80.9 Å². The van der Waals surface area contributed by atoms with Crippen LogP contribution in [0.25, 0.3) is 5.69 Å². The van der Waals surface area contributed by atoms with Crippen LogP contribution in [0.3, 0.4) is 0 Å². The second-order valence-corrected chi connectivity index (χ2v) is 3.64. The molecule has 7 heteroatoms. The second-order valence-electron chi connectivity index (χ2n) is 2.72. The lowest BCUT2D eigenvalue weighted by Crippen LogP contribution is -2.06. The van der Waals surface area contributed by atoms with Gasteiger partial charge in [0.25, 0.3) is 0 Å². The number of nitrogens with zero attached hydrogens (tertiary/aromatic N) is 4. The van der Waals surface area contributed by atoms with Crippen LogP contribution in [0.4, 0.5) is 0 Å². The Morgan fingerprint density at radius 3 is 2.87 bits per heavy atom. The van der Waals surface area contributed by atoms with Crippen LogP contribution in [0.5, 0.6) is 0 Å². The van der Waals surface area contributed by atoms with Crippen molar-refractivity contribution in [1.29, 1.82) is 0 Å². The van der Waals surface area contributed by atoms with Gasteiger partial charge in [0.2, 0.25) is 0 Å². The molecule has 2 aromatic rings. The first-order valence-corrected chi connectivity index (χ1v) is 4.74. The Kier molecular flexibility index (Phi) is 2.46. The van der Waals surface area contributed by atoms with Gasteiger partial charge in [-0.05, 0) is 28.6 Å². The first-order chi connectivity index (χ1) is 7.18. The Morgan fingerprint density at radius 2 is 2.27 bits per heavy atom. The van der Waals surface area contributed by atoms with Crippen LogP contribution in [0, 0.1) is 0 Å². The van der Waals surface area contributed by atoms with Gasteiger partial charge in [-0.3, -0.25) is 0 Å². The number of hydrogen-bond acceptors (Lipinski definition) is 4. The van der Waals surface area contributed by atoms with E-state index in [2.05, 4.69) is 31.5 Å². The van der Waals surface area contributed by atoms with E-state index in [9.17, 15) is 4.79 Å². The maximum atomic E-state index is 11.0. The molecule has 0 aliphatic carbocycles. The standard InChI is InChI=1S/C8H5BrN4O2/c9-5-1-2-7(6(3-5)8(14)15)13-4-10-11-12-13/h1-4H,(H,14,15). The van der Waals surface area contributed by atoms with E-state index in [0.717, 1.165) is 0 Å². The molecule has 0 aliphatic heterocycles. The lowest BCUT2D eigenvalue weighted by Gasteiger charge is -2.04. The van der Waals surface area contributed by atoms with Crippen molar-refractivity contribution >= 4 is 21.9 Å². The van der Waals surface area contributed by atoms with Crippen LogP contribution in [0.2, 0.25) is 0 Å². The molecule has 0 unspecified atom stereocenters. The summed E-state index contributed by atoms with van der Waals surface area (Å²) in [7, 11) is 0. The van der Waals surface area contributed by atoms with Gasteiger partial charge in [0.15, 0.2) is 0 Å². The number of halogens is 1. The van der Waals surface area contributed by atoms with Crippen LogP contribution >= 0.6 is 15.9 Å². The monoisotopic (exact) mass is 268 g/mol. The summed E-state index contributed by atoms with van der Waals surface area (Å²) < 4.78 is 1.99. The molecule has 0 bridgehead atoms. The Morgan fingerprint density at radius 1 is 1.47 bits per heavy atom. The predicted octanol–water partition coefficient (Wildman–Crippen LogP) is 1.12. The maximum absolute atomic E-state index is 11.0. The van der Waals surface area contributed by atoms with Gasteiger partial charge in [0.1, 0.15) is 6.33 Å². The number of aromatic nitrogens is 4. The first-order valence-electron chi connectivity index (χ1n) is 3.94. The van der Waals surface area contributed by atoms with Gasteiger partial charge in [-0.2, -0.15) is 4.68 Å². The third kappa shape index (κ3) is 1.86. The third-order valence-electron chi connectivity index (χ3n) is 1.78. The van der Waals surface area contributed by atoms with E-state index in [1.165, 1.54) is 17.1 Å². The number of carboxylic acids is 1. The Balaban J connectivity index is 2.61. The van der Waals surface area contributed by atoms with E-state index in [-0.39, 0.29) is 5.56 Å². The summed E-state index contributed by atoms with van der Waals surface area (Å²) in [5.74, 6) is -1.03. The zero-order valence-corrected chi connectivity index (χ0v) is 8.92. The summed E-state index contributed by atoms with van der Waals surface area (Å²) in [5, 5.41) is 19.5. The number of hydrogen-bond donors (Lipinski definition) is 1. The van der Waals surface area contributed by atoms with Crippen LogP contribution in [-0.4, -0.2) is 31.3 Å². The zero-order valence-electron chi connectivity index (χ0n) is 7.33. The molecule has 76 valence electrons. The van der Waals surface area contributed by atoms with Gasteiger partial charge in [0.05, 0.1) is 11.3 Å². The van der Waals surface area contributed by atoms with E-state index >= 15 is 0 Å². The highest BCUT2D eigenvalue weighted by molar-refractivity contribution is 9.10. The maximum Gasteiger partial charge on any atom is 0.337 e. The van der Waals surface area contributed by atoms with Crippen LogP contribution in [-0.2, 0) is 0 Å². The molecule has 0 saturated carbocycles. The van der Waals surface area contributed by atoms with Gasteiger partial charge < -0.3 is 5.11 Å². The molecular weight excluding hydrogens is 264 g/mol. The molecule has 15 heavy (non-hydrogen) atoms. The normalized spacial score (nSPS) is 10.2. The third-order valence-corrected chi connectivity index (χ3v) is 2.28. The second kappa shape index (κ2) is 3.77. The molecule has 1 heterocycles. The molecule has 6 nitrogen and oxygen atoms in total. The molecule has 2 rings (SSSR count). The van der Waals surface area contributed by atoms with Crippen molar-refractivity contribution in [3.05, 3.63) is 34.6 Å². The highest BCUT2D eigenvalue weighted by atomic mass is 79.9. The molecule has 1 N–H and O–H groups in total. The lowest BCUT2D eigenvalue weighted by atomic mass is 10.2. The van der Waals surface area contributed by atoms with E-state index in [4.69, 9.17) is 5.11 Å². The fraction of sp³-hybridized carbons (Fsp3) is 0. The summed E-state index contributed by atoms with van der Waals surface area (Å²) in [6.07, 6.45) is 1.34. The Bertz CT molecular complexity index is 497. The van der Waals surface area contributed by atoms with Gasteiger partial charge in [-0.15, -0.1) is 5.10 Å². The number of tetrazole rings is 1. The minimum Gasteiger partial charge on any atom is -0.478 e. The van der Waals surface area contributed by atoms with Gasteiger partial charge in [-0.25, -0.2) is 4.79 Å². The van der Waals surface area contributed by atoms with Gasteiger partial charge >= 0.3 is 5.97 Å². The van der Waals surface area contributed by atoms with Crippen molar-refractivity contribution in [2.45, 2.75) is 0 Å². The lowest BCUT2D eigenvalue weighted by molar-refractivity contribution is 0.0696. The minimum absolute atomic E-state index is 0.136. The van der Waals surface area contributed by atoms with Gasteiger partial charge in [-0.1, -0.05) is 15.9 Å². The van der Waals surface area contributed by atoms with Crippen molar-refractivity contribution < 1.29 is 9.90 Å². The van der Waals surface area contributed by atoms with Crippen LogP contribution < -0.4 is 0 Å².